The number of carbonyl (C=O) groups is 1. The maximum absolute atomic E-state index is 11.5. The number of ether oxygens (including phenoxy) is 1. The lowest BCUT2D eigenvalue weighted by Crippen LogP contribution is -2.33. The van der Waals surface area contributed by atoms with Crippen LogP contribution in [0.3, 0.4) is 0 Å². The Balaban J connectivity index is 3.30. The summed E-state index contributed by atoms with van der Waals surface area (Å²) in [4.78, 5) is 13.2. The van der Waals surface area contributed by atoms with E-state index in [-0.39, 0.29) is 0 Å². The molecule has 0 saturated heterocycles. The van der Waals surface area contributed by atoms with Crippen molar-refractivity contribution in [2.75, 3.05) is 21.2 Å². The van der Waals surface area contributed by atoms with E-state index >= 15 is 0 Å². The predicted molar refractivity (Wildman–Crippen MR) is 68.4 cm³/mol. The van der Waals surface area contributed by atoms with Gasteiger partial charge in [-0.05, 0) is 44.3 Å². The second-order valence-electron chi connectivity index (χ2n) is 4.11. The molecule has 5 heteroatoms. The van der Waals surface area contributed by atoms with Crippen molar-refractivity contribution in [2.24, 2.45) is 5.73 Å². The van der Waals surface area contributed by atoms with E-state index in [0.717, 1.165) is 11.1 Å². The molecule has 1 aromatic rings. The highest BCUT2D eigenvalue weighted by Gasteiger charge is 2.23. The van der Waals surface area contributed by atoms with E-state index in [9.17, 15) is 4.79 Å². The summed E-state index contributed by atoms with van der Waals surface area (Å²) in [6.07, 6.45) is 0. The Bertz CT molecular complexity index is 433. The smallest absolute Gasteiger partial charge is 0.239 e. The molecule has 0 aliphatic rings. The summed E-state index contributed by atoms with van der Waals surface area (Å²) in [5, 5.41) is 0.473. The summed E-state index contributed by atoms with van der Waals surface area (Å²) in [5.74, 6) is 0.189. The lowest BCUT2D eigenvalue weighted by atomic mass is 9.99. The fraction of sp³-hybridized carbons (Fsp3) is 0.417. The van der Waals surface area contributed by atoms with Crippen LogP contribution in [0.2, 0.25) is 5.02 Å². The zero-order chi connectivity index (χ0) is 13.2. The largest absolute Gasteiger partial charge is 0.495 e. The number of nitrogens with two attached hydrogens (primary N) is 1. The molecule has 2 N–H and O–H groups in total. The Morgan fingerprint density at radius 2 is 2.06 bits per heavy atom. The monoisotopic (exact) mass is 256 g/mol. The quantitative estimate of drug-likeness (QED) is 0.893. The van der Waals surface area contributed by atoms with Gasteiger partial charge < -0.3 is 10.5 Å². The minimum atomic E-state index is -0.488. The SMILES string of the molecule is COc1cc(C)c(C(C(N)=O)N(C)C)cc1Cl. The zero-order valence-corrected chi connectivity index (χ0v) is 11.2. The minimum absolute atomic E-state index is 0.403. The number of methoxy groups -OCH3 is 1. The molecule has 1 aromatic carbocycles. The van der Waals surface area contributed by atoms with Crippen LogP contribution < -0.4 is 10.5 Å². The van der Waals surface area contributed by atoms with Gasteiger partial charge in [-0.25, -0.2) is 0 Å². The molecule has 0 aromatic heterocycles. The second kappa shape index (κ2) is 5.38. The van der Waals surface area contributed by atoms with Gasteiger partial charge in [0.05, 0.1) is 12.1 Å². The number of benzene rings is 1. The Morgan fingerprint density at radius 1 is 1.47 bits per heavy atom. The van der Waals surface area contributed by atoms with Crippen molar-refractivity contribution in [3.8, 4) is 5.75 Å². The number of amides is 1. The van der Waals surface area contributed by atoms with Crippen LogP contribution in [0.4, 0.5) is 0 Å². The molecule has 0 aliphatic carbocycles. The number of hydrogen-bond donors (Lipinski definition) is 1. The third-order valence-electron chi connectivity index (χ3n) is 2.62. The van der Waals surface area contributed by atoms with Gasteiger partial charge in [0.1, 0.15) is 11.8 Å². The van der Waals surface area contributed by atoms with Crippen LogP contribution in [-0.4, -0.2) is 32.0 Å². The maximum atomic E-state index is 11.5. The van der Waals surface area contributed by atoms with Crippen molar-refractivity contribution in [3.05, 3.63) is 28.3 Å². The lowest BCUT2D eigenvalue weighted by Gasteiger charge is -2.23. The molecule has 0 bridgehead atoms. The van der Waals surface area contributed by atoms with Crippen LogP contribution in [0.25, 0.3) is 0 Å². The molecule has 1 atom stereocenters. The molecule has 1 rings (SSSR count). The van der Waals surface area contributed by atoms with Crippen molar-refractivity contribution < 1.29 is 9.53 Å². The summed E-state index contributed by atoms with van der Waals surface area (Å²) in [6, 6.07) is 3.04. The lowest BCUT2D eigenvalue weighted by molar-refractivity contribution is -0.122. The van der Waals surface area contributed by atoms with E-state index in [2.05, 4.69) is 0 Å². The zero-order valence-electron chi connectivity index (χ0n) is 10.5. The molecule has 0 fully saturated rings. The molecule has 0 radical (unpaired) electrons. The van der Waals surface area contributed by atoms with Crippen LogP contribution in [-0.2, 0) is 4.79 Å². The number of likely N-dealkylation sites (N-methyl/N-ethyl adjacent to an activating group) is 1. The summed E-state index contributed by atoms with van der Waals surface area (Å²) >= 11 is 6.06. The second-order valence-corrected chi connectivity index (χ2v) is 4.52. The molecule has 4 nitrogen and oxygen atoms in total. The standard InChI is InChI=1S/C12H17ClN2O2/c1-7-5-10(17-4)9(13)6-8(7)11(12(14)16)15(2)3/h5-6,11H,1-4H3,(H2,14,16). The number of rotatable bonds is 4. The molecule has 1 amide bonds. The third kappa shape index (κ3) is 2.90. The topological polar surface area (TPSA) is 55.6 Å². The van der Waals surface area contributed by atoms with Crippen molar-refractivity contribution in [3.63, 3.8) is 0 Å². The van der Waals surface area contributed by atoms with E-state index < -0.39 is 11.9 Å². The fourth-order valence-electron chi connectivity index (χ4n) is 1.81. The average Bonchev–Trinajstić information content (AvgIpc) is 2.21. The molecule has 0 heterocycles. The van der Waals surface area contributed by atoms with Crippen LogP contribution in [0.5, 0.6) is 5.75 Å². The Morgan fingerprint density at radius 3 is 2.47 bits per heavy atom. The molecule has 1 unspecified atom stereocenters. The minimum Gasteiger partial charge on any atom is -0.495 e. The number of nitrogens with zero attached hydrogens (tertiary/aromatic N) is 1. The number of aryl methyl sites for hydroxylation is 1. The van der Waals surface area contributed by atoms with Gasteiger partial charge in [0, 0.05) is 0 Å². The van der Waals surface area contributed by atoms with Crippen LogP contribution >= 0.6 is 11.6 Å². The summed E-state index contributed by atoms with van der Waals surface area (Å²) in [6.45, 7) is 1.90. The number of halogens is 1. The molecule has 0 aliphatic heterocycles. The van der Waals surface area contributed by atoms with E-state index in [1.54, 1.807) is 38.2 Å². The molecule has 94 valence electrons. The van der Waals surface area contributed by atoms with Crippen molar-refractivity contribution >= 4 is 17.5 Å². The van der Waals surface area contributed by atoms with Gasteiger partial charge >= 0.3 is 0 Å². The predicted octanol–water partition coefficient (Wildman–Crippen LogP) is 1.75. The van der Waals surface area contributed by atoms with Crippen LogP contribution in [0.1, 0.15) is 17.2 Å². The van der Waals surface area contributed by atoms with Crippen molar-refractivity contribution in [1.82, 2.24) is 4.90 Å². The van der Waals surface area contributed by atoms with E-state index in [0.29, 0.717) is 10.8 Å². The van der Waals surface area contributed by atoms with Gasteiger partial charge in [-0.2, -0.15) is 0 Å². The third-order valence-corrected chi connectivity index (χ3v) is 2.92. The summed E-state index contributed by atoms with van der Waals surface area (Å²) < 4.78 is 5.12. The first-order valence-corrected chi connectivity index (χ1v) is 5.56. The average molecular weight is 257 g/mol. The first-order chi connectivity index (χ1) is 7.88. The maximum Gasteiger partial charge on any atom is 0.239 e. The number of carbonyl (C=O) groups excluding carboxylic acids is 1. The first kappa shape index (κ1) is 13.8. The highest BCUT2D eigenvalue weighted by molar-refractivity contribution is 6.32. The normalized spacial score (nSPS) is 12.6. The van der Waals surface area contributed by atoms with E-state index in [1.807, 2.05) is 6.92 Å². The molecular weight excluding hydrogens is 240 g/mol. The van der Waals surface area contributed by atoms with E-state index in [1.165, 1.54) is 0 Å². The van der Waals surface area contributed by atoms with Crippen molar-refractivity contribution in [2.45, 2.75) is 13.0 Å². The Kier molecular flexibility index (Phi) is 4.37. The molecule has 0 spiro atoms. The van der Waals surface area contributed by atoms with Crippen molar-refractivity contribution in [1.29, 1.82) is 0 Å². The molecule has 17 heavy (non-hydrogen) atoms. The molecule has 0 saturated carbocycles. The number of primary amides is 1. The summed E-state index contributed by atoms with van der Waals surface area (Å²) in [5.41, 5.74) is 7.12. The fourth-order valence-corrected chi connectivity index (χ4v) is 2.06. The van der Waals surface area contributed by atoms with Gasteiger partial charge in [-0.15, -0.1) is 0 Å². The Labute approximate surface area is 106 Å². The highest BCUT2D eigenvalue weighted by atomic mass is 35.5. The molecular formula is C12H17ClN2O2. The first-order valence-electron chi connectivity index (χ1n) is 5.18. The van der Waals surface area contributed by atoms with Gasteiger partial charge in [0.2, 0.25) is 5.91 Å². The highest BCUT2D eigenvalue weighted by Crippen LogP contribution is 2.32. The van der Waals surface area contributed by atoms with Gasteiger partial charge in [0.25, 0.3) is 0 Å². The van der Waals surface area contributed by atoms with Gasteiger partial charge in [0.15, 0.2) is 0 Å². The Hall–Kier alpha value is -1.26. The van der Waals surface area contributed by atoms with E-state index in [4.69, 9.17) is 22.1 Å². The van der Waals surface area contributed by atoms with Crippen LogP contribution in [0, 0.1) is 6.92 Å². The summed E-state index contributed by atoms with van der Waals surface area (Å²) in [7, 11) is 5.15. The van der Waals surface area contributed by atoms with Gasteiger partial charge in [-0.1, -0.05) is 11.6 Å². The van der Waals surface area contributed by atoms with Crippen LogP contribution in [0.15, 0.2) is 12.1 Å². The number of hydrogen-bond acceptors (Lipinski definition) is 3. The van der Waals surface area contributed by atoms with Gasteiger partial charge in [-0.3, -0.25) is 9.69 Å².